The van der Waals surface area contributed by atoms with Crippen molar-refractivity contribution >= 4 is 23.9 Å². The summed E-state index contributed by atoms with van der Waals surface area (Å²) in [6.45, 7) is 5.60. The first-order valence-electron chi connectivity index (χ1n) is 28.9. The van der Waals surface area contributed by atoms with Crippen molar-refractivity contribution in [3.05, 3.63) is 109 Å². The van der Waals surface area contributed by atoms with Gasteiger partial charge in [-0.2, -0.15) is 0 Å². The molecule has 1 rings (SSSR count). The van der Waals surface area contributed by atoms with Crippen molar-refractivity contribution < 1.29 is 58.2 Å². The zero-order valence-corrected chi connectivity index (χ0v) is 46.5. The zero-order chi connectivity index (χ0) is 54.7. The van der Waals surface area contributed by atoms with Crippen LogP contribution in [0.1, 0.15) is 213 Å². The second-order valence-corrected chi connectivity index (χ2v) is 19.2. The van der Waals surface area contributed by atoms with Crippen LogP contribution in [0.4, 0.5) is 0 Å². The number of rotatable bonds is 47. The Balaban J connectivity index is 2.77. The molecule has 424 valence electrons. The van der Waals surface area contributed by atoms with E-state index in [0.29, 0.717) is 25.7 Å². The van der Waals surface area contributed by atoms with E-state index >= 15 is 0 Å². The molecule has 1 fully saturated rings. The first-order valence-corrected chi connectivity index (χ1v) is 28.9. The molecular formula is C63H100O12. The van der Waals surface area contributed by atoms with Gasteiger partial charge in [0, 0.05) is 12.8 Å². The number of aliphatic hydroxyl groups excluding tert-OH is 2. The Kier molecular flexibility index (Phi) is 45.8. The Morgan fingerprint density at radius 2 is 0.880 bits per heavy atom. The van der Waals surface area contributed by atoms with Gasteiger partial charge in [-0.25, -0.2) is 4.79 Å². The Hall–Kier alpha value is -4.62. The lowest BCUT2D eigenvalue weighted by Gasteiger charge is -2.40. The molecule has 1 aliphatic rings. The second-order valence-electron chi connectivity index (χ2n) is 19.2. The standard InChI is InChI=1S/C63H100O12/c1-4-7-10-13-16-19-22-25-27-28-30-33-36-39-42-45-48-51-57(66)74-61-59(68)58(67)60(62(69)70)75-63(61)72-53-54(73-56(65)50-47-44-41-38-35-31-24-21-18-15-12-9-6-3)52-71-55(64)49-46-43-40-37-34-32-29-26-23-20-17-14-11-8-5-2/h8-9,11-12,17-18,20-21,26,29,31,34-35,37,41,43-44,46,54,58-61,63,67-68H,4-7,10,13-16,19,22-25,27-28,30,32-33,36,38-40,42,45,47-53H2,1-3H3,(H,69,70)/b11-8-,12-9-,20-17-,21-18-,29-26-,35-31-,37-34-,44-41-,46-43-. The van der Waals surface area contributed by atoms with Gasteiger partial charge in [0.25, 0.3) is 0 Å². The first kappa shape index (κ1) is 68.4. The Labute approximate surface area is 453 Å². The van der Waals surface area contributed by atoms with Gasteiger partial charge in [0.1, 0.15) is 18.8 Å². The fourth-order valence-electron chi connectivity index (χ4n) is 8.04. The number of carbonyl (C=O) groups excluding carboxylic acids is 3. The van der Waals surface area contributed by atoms with Crippen molar-refractivity contribution in [2.45, 2.75) is 250 Å². The van der Waals surface area contributed by atoms with Crippen LogP contribution in [0.5, 0.6) is 0 Å². The van der Waals surface area contributed by atoms with Gasteiger partial charge in [0.2, 0.25) is 0 Å². The number of aliphatic carboxylic acids is 1. The average Bonchev–Trinajstić information content (AvgIpc) is 3.39. The number of carboxylic acid groups (broad SMARTS) is 1. The highest BCUT2D eigenvalue weighted by molar-refractivity contribution is 5.74. The monoisotopic (exact) mass is 1050 g/mol. The van der Waals surface area contributed by atoms with Crippen LogP contribution in [0.3, 0.4) is 0 Å². The van der Waals surface area contributed by atoms with E-state index in [-0.39, 0.29) is 19.3 Å². The lowest BCUT2D eigenvalue weighted by Crippen LogP contribution is -2.61. The van der Waals surface area contributed by atoms with Crippen LogP contribution in [-0.4, -0.2) is 89.2 Å². The summed E-state index contributed by atoms with van der Waals surface area (Å²) in [5.74, 6) is -3.40. The fraction of sp³-hybridized carbons (Fsp3) is 0.651. The summed E-state index contributed by atoms with van der Waals surface area (Å²) in [7, 11) is 0. The number of aliphatic hydroxyl groups is 2. The van der Waals surface area contributed by atoms with Crippen molar-refractivity contribution in [2.24, 2.45) is 0 Å². The maximum atomic E-state index is 13.1. The molecule has 75 heavy (non-hydrogen) atoms. The zero-order valence-electron chi connectivity index (χ0n) is 46.5. The number of allylic oxidation sites excluding steroid dienone is 17. The second kappa shape index (κ2) is 50.2. The molecule has 0 radical (unpaired) electrons. The highest BCUT2D eigenvalue weighted by Crippen LogP contribution is 2.26. The van der Waals surface area contributed by atoms with Gasteiger partial charge in [-0.1, -0.05) is 233 Å². The highest BCUT2D eigenvalue weighted by Gasteiger charge is 2.50. The normalized spacial score (nSPS) is 19.0. The van der Waals surface area contributed by atoms with Crippen LogP contribution in [-0.2, 0) is 42.9 Å². The smallest absolute Gasteiger partial charge is 0.335 e. The first-order chi connectivity index (χ1) is 36.6. The number of hydrogen-bond acceptors (Lipinski definition) is 11. The van der Waals surface area contributed by atoms with Gasteiger partial charge >= 0.3 is 23.9 Å². The lowest BCUT2D eigenvalue weighted by molar-refractivity contribution is -0.301. The summed E-state index contributed by atoms with van der Waals surface area (Å²) in [6.07, 6.45) is 55.4. The summed E-state index contributed by atoms with van der Waals surface area (Å²) in [5, 5.41) is 31.4. The predicted octanol–water partition coefficient (Wildman–Crippen LogP) is 14.7. The van der Waals surface area contributed by atoms with Crippen LogP contribution in [0.25, 0.3) is 0 Å². The summed E-state index contributed by atoms with van der Waals surface area (Å²) in [6, 6.07) is 0. The van der Waals surface area contributed by atoms with E-state index in [1.165, 1.54) is 77.0 Å². The van der Waals surface area contributed by atoms with Crippen molar-refractivity contribution in [2.75, 3.05) is 13.2 Å². The number of esters is 3. The van der Waals surface area contributed by atoms with Crippen molar-refractivity contribution in [1.29, 1.82) is 0 Å². The number of carboxylic acids is 1. The van der Waals surface area contributed by atoms with Crippen molar-refractivity contribution in [3.8, 4) is 0 Å². The molecule has 0 spiro atoms. The molecule has 12 heteroatoms. The third-order valence-electron chi connectivity index (χ3n) is 12.4. The number of unbranched alkanes of at least 4 members (excludes halogenated alkanes) is 16. The number of ether oxygens (including phenoxy) is 5. The highest BCUT2D eigenvalue weighted by atomic mass is 16.7. The third kappa shape index (κ3) is 40.3. The minimum atomic E-state index is -1.93. The minimum absolute atomic E-state index is 0.0181. The molecule has 0 saturated carbocycles. The van der Waals surface area contributed by atoms with Crippen molar-refractivity contribution in [1.82, 2.24) is 0 Å². The summed E-state index contributed by atoms with van der Waals surface area (Å²) in [4.78, 5) is 51.0. The maximum absolute atomic E-state index is 13.1. The molecule has 0 aromatic heterocycles. The number of hydrogen-bond donors (Lipinski definition) is 3. The molecule has 1 heterocycles. The van der Waals surface area contributed by atoms with E-state index in [4.69, 9.17) is 23.7 Å². The molecule has 0 bridgehead atoms. The molecule has 6 unspecified atom stereocenters. The van der Waals surface area contributed by atoms with E-state index in [1.54, 1.807) is 6.08 Å². The van der Waals surface area contributed by atoms with Gasteiger partial charge in [-0.3, -0.25) is 14.4 Å². The van der Waals surface area contributed by atoms with Crippen LogP contribution in [0.15, 0.2) is 109 Å². The number of carbonyl (C=O) groups is 4. The molecule has 0 amide bonds. The Morgan fingerprint density at radius 1 is 0.467 bits per heavy atom. The van der Waals surface area contributed by atoms with Gasteiger partial charge in [-0.15, -0.1) is 0 Å². The molecule has 0 aliphatic carbocycles. The summed E-state index contributed by atoms with van der Waals surface area (Å²) >= 11 is 0. The topological polar surface area (TPSA) is 175 Å². The lowest BCUT2D eigenvalue weighted by atomic mass is 9.98. The Bertz CT molecular complexity index is 1720. The van der Waals surface area contributed by atoms with Crippen molar-refractivity contribution in [3.63, 3.8) is 0 Å². The van der Waals surface area contributed by atoms with E-state index in [2.05, 4.69) is 93.7 Å². The molecule has 1 saturated heterocycles. The van der Waals surface area contributed by atoms with E-state index in [0.717, 1.165) is 70.6 Å². The third-order valence-corrected chi connectivity index (χ3v) is 12.4. The van der Waals surface area contributed by atoms with E-state index in [9.17, 15) is 34.5 Å². The Morgan fingerprint density at radius 3 is 1.32 bits per heavy atom. The molecule has 0 aromatic carbocycles. The maximum Gasteiger partial charge on any atom is 0.335 e. The molecule has 6 atom stereocenters. The van der Waals surface area contributed by atoms with E-state index < -0.39 is 73.9 Å². The molecule has 1 aliphatic heterocycles. The average molecular weight is 1050 g/mol. The molecule has 12 nitrogen and oxygen atoms in total. The van der Waals surface area contributed by atoms with Crippen LogP contribution in [0.2, 0.25) is 0 Å². The summed E-state index contributed by atoms with van der Waals surface area (Å²) in [5.41, 5.74) is 0. The van der Waals surface area contributed by atoms with Gasteiger partial charge in [0.05, 0.1) is 13.0 Å². The minimum Gasteiger partial charge on any atom is -0.479 e. The molecule has 3 N–H and O–H groups in total. The van der Waals surface area contributed by atoms with Gasteiger partial charge in [0.15, 0.2) is 24.6 Å². The SMILES string of the molecule is CC/C=C\C/C=C\C/C=C\C/C=C\C/C=C\CC(=O)OCC(COC1OC(C(=O)O)C(O)C(O)C1OC(=O)CCCCCCCCCCCCCCCCCCC)OC(=O)CC/C=C\C/C=C\C/C=C\C/C=C\CC. The predicted molar refractivity (Wildman–Crippen MR) is 303 cm³/mol. The summed E-state index contributed by atoms with van der Waals surface area (Å²) < 4.78 is 28.2. The molecular weight excluding hydrogens is 949 g/mol. The van der Waals surface area contributed by atoms with Crippen LogP contribution < -0.4 is 0 Å². The quantitative estimate of drug-likeness (QED) is 0.0228. The molecule has 0 aromatic rings. The van der Waals surface area contributed by atoms with Crippen LogP contribution in [0, 0.1) is 0 Å². The fourth-order valence-corrected chi connectivity index (χ4v) is 8.04. The van der Waals surface area contributed by atoms with Gasteiger partial charge in [-0.05, 0) is 70.6 Å². The van der Waals surface area contributed by atoms with Crippen LogP contribution >= 0.6 is 0 Å². The van der Waals surface area contributed by atoms with E-state index in [1.807, 2.05) is 30.4 Å². The van der Waals surface area contributed by atoms with Gasteiger partial charge < -0.3 is 39.0 Å². The largest absolute Gasteiger partial charge is 0.479 e.